The Labute approximate surface area is 63.2 Å². The number of hydrogen-bond donors (Lipinski definition) is 1. The maximum atomic E-state index is 10.5. The third kappa shape index (κ3) is 1.64. The molecule has 0 radical (unpaired) electrons. The summed E-state index contributed by atoms with van der Waals surface area (Å²) in [6, 6.07) is 2.97. The fraction of sp³-hybridized carbons (Fsp3) is 0.167. The molecule has 0 aliphatic rings. The zero-order valence-corrected chi connectivity index (χ0v) is 5.94. The number of rotatable bonds is 2. The second-order valence-electron chi connectivity index (χ2n) is 1.83. The Morgan fingerprint density at radius 1 is 1.55 bits per heavy atom. The Morgan fingerprint density at radius 2 is 2.27 bits per heavy atom. The van der Waals surface area contributed by atoms with Crippen molar-refractivity contribution in [2.24, 2.45) is 5.73 Å². The highest BCUT2D eigenvalue weighted by Gasteiger charge is 2.01. The summed E-state index contributed by atoms with van der Waals surface area (Å²) in [5.74, 6) is -0.241. The van der Waals surface area contributed by atoms with E-state index in [2.05, 4.69) is 10.2 Å². The first kappa shape index (κ1) is 7.46. The molecule has 0 spiro atoms. The van der Waals surface area contributed by atoms with Gasteiger partial charge in [-0.25, -0.2) is 0 Å². The molecule has 0 bridgehead atoms. The first-order valence-corrected chi connectivity index (χ1v) is 2.91. The van der Waals surface area contributed by atoms with Crippen molar-refractivity contribution in [2.75, 3.05) is 7.11 Å². The van der Waals surface area contributed by atoms with Crippen LogP contribution in [0.25, 0.3) is 0 Å². The van der Waals surface area contributed by atoms with E-state index in [1.54, 1.807) is 0 Å². The van der Waals surface area contributed by atoms with E-state index in [0.29, 0.717) is 5.88 Å². The van der Waals surface area contributed by atoms with Gasteiger partial charge in [0.05, 0.1) is 7.11 Å². The van der Waals surface area contributed by atoms with Crippen LogP contribution in [0, 0.1) is 0 Å². The molecule has 2 N–H and O–H groups in total. The summed E-state index contributed by atoms with van der Waals surface area (Å²) in [7, 11) is 1.47. The second-order valence-corrected chi connectivity index (χ2v) is 1.83. The number of methoxy groups -OCH3 is 1. The highest BCUT2D eigenvalue weighted by atomic mass is 16.5. The molecule has 58 valence electrons. The number of primary amides is 1. The molecule has 1 heterocycles. The van der Waals surface area contributed by atoms with E-state index in [1.165, 1.54) is 19.2 Å². The van der Waals surface area contributed by atoms with Gasteiger partial charge in [-0.1, -0.05) is 0 Å². The molecule has 0 fully saturated rings. The smallest absolute Gasteiger partial charge is 0.269 e. The van der Waals surface area contributed by atoms with Gasteiger partial charge in [-0.15, -0.1) is 10.2 Å². The molecule has 1 aromatic heterocycles. The normalized spacial score (nSPS) is 9.18. The monoisotopic (exact) mass is 153 g/mol. The van der Waals surface area contributed by atoms with Crippen LogP contribution in [0.3, 0.4) is 0 Å². The van der Waals surface area contributed by atoms with Crippen LogP contribution >= 0.6 is 0 Å². The lowest BCUT2D eigenvalue weighted by Gasteiger charge is -1.95. The summed E-state index contributed by atoms with van der Waals surface area (Å²) < 4.78 is 4.72. The molecule has 1 amide bonds. The maximum absolute atomic E-state index is 10.5. The van der Waals surface area contributed by atoms with Gasteiger partial charge in [0, 0.05) is 6.07 Å². The van der Waals surface area contributed by atoms with Crippen molar-refractivity contribution in [3.8, 4) is 5.88 Å². The number of carbonyl (C=O) groups is 1. The standard InChI is InChI=1S/C6H7N3O2/c1-11-5-3-2-4(6(7)10)8-9-5/h2-3H,1H3,(H2,7,10). The van der Waals surface area contributed by atoms with E-state index in [1.807, 2.05) is 0 Å². The van der Waals surface area contributed by atoms with Crippen LogP contribution in [-0.4, -0.2) is 23.2 Å². The third-order valence-electron chi connectivity index (χ3n) is 1.10. The number of ether oxygens (including phenoxy) is 1. The molecule has 0 aromatic carbocycles. The fourth-order valence-electron chi connectivity index (χ4n) is 0.560. The lowest BCUT2D eigenvalue weighted by molar-refractivity contribution is 0.0994. The predicted octanol–water partition coefficient (Wildman–Crippen LogP) is -0.416. The molecule has 0 saturated carbocycles. The zero-order valence-electron chi connectivity index (χ0n) is 5.94. The van der Waals surface area contributed by atoms with Crippen molar-refractivity contribution in [1.29, 1.82) is 0 Å². The summed E-state index contributed by atoms with van der Waals surface area (Å²) in [5, 5.41) is 7.04. The molecule has 5 nitrogen and oxygen atoms in total. The number of carbonyl (C=O) groups excluding carboxylic acids is 1. The van der Waals surface area contributed by atoms with Crippen LogP contribution in [0.15, 0.2) is 12.1 Å². The van der Waals surface area contributed by atoms with Crippen LogP contribution in [-0.2, 0) is 0 Å². The topological polar surface area (TPSA) is 78.1 Å². The van der Waals surface area contributed by atoms with Crippen LogP contribution in [0.2, 0.25) is 0 Å². The average Bonchev–Trinajstić information content (AvgIpc) is 2.05. The van der Waals surface area contributed by atoms with E-state index in [9.17, 15) is 4.79 Å². The number of hydrogen-bond acceptors (Lipinski definition) is 4. The van der Waals surface area contributed by atoms with Gasteiger partial charge in [0.2, 0.25) is 5.88 Å². The number of nitrogens with two attached hydrogens (primary N) is 1. The minimum absolute atomic E-state index is 0.130. The van der Waals surface area contributed by atoms with Gasteiger partial charge in [-0.2, -0.15) is 0 Å². The molecule has 5 heteroatoms. The van der Waals surface area contributed by atoms with Gasteiger partial charge in [-0.3, -0.25) is 4.79 Å². The van der Waals surface area contributed by atoms with E-state index in [-0.39, 0.29) is 5.69 Å². The van der Waals surface area contributed by atoms with Crippen molar-refractivity contribution in [1.82, 2.24) is 10.2 Å². The second kappa shape index (κ2) is 2.96. The SMILES string of the molecule is COc1ccc(C(N)=O)nn1. The van der Waals surface area contributed by atoms with E-state index >= 15 is 0 Å². The van der Waals surface area contributed by atoms with E-state index in [4.69, 9.17) is 10.5 Å². The maximum Gasteiger partial charge on any atom is 0.269 e. The largest absolute Gasteiger partial charge is 0.480 e. The van der Waals surface area contributed by atoms with Gasteiger partial charge < -0.3 is 10.5 Å². The summed E-state index contributed by atoms with van der Waals surface area (Å²) >= 11 is 0. The third-order valence-corrected chi connectivity index (χ3v) is 1.10. The minimum Gasteiger partial charge on any atom is -0.480 e. The Bertz CT molecular complexity index is 257. The summed E-state index contributed by atoms with van der Waals surface area (Å²) in [6.45, 7) is 0. The van der Waals surface area contributed by atoms with Gasteiger partial charge in [0.15, 0.2) is 5.69 Å². The van der Waals surface area contributed by atoms with Crippen LogP contribution in [0.1, 0.15) is 10.5 Å². The molecule has 0 unspecified atom stereocenters. The predicted molar refractivity (Wildman–Crippen MR) is 37.1 cm³/mol. The Balaban J connectivity index is 2.91. The summed E-state index contributed by atoms with van der Waals surface area (Å²) in [5.41, 5.74) is 5.05. The lowest BCUT2D eigenvalue weighted by Crippen LogP contribution is -2.13. The van der Waals surface area contributed by atoms with Gasteiger partial charge in [-0.05, 0) is 6.07 Å². The molecular formula is C6H7N3O2. The molecule has 11 heavy (non-hydrogen) atoms. The quantitative estimate of drug-likeness (QED) is 0.626. The van der Waals surface area contributed by atoms with Crippen molar-refractivity contribution in [3.63, 3.8) is 0 Å². The van der Waals surface area contributed by atoms with Gasteiger partial charge in [0.1, 0.15) is 0 Å². The molecule has 0 aliphatic carbocycles. The highest BCUT2D eigenvalue weighted by molar-refractivity contribution is 5.90. The van der Waals surface area contributed by atoms with Crippen molar-refractivity contribution >= 4 is 5.91 Å². The molecular weight excluding hydrogens is 146 g/mol. The van der Waals surface area contributed by atoms with Gasteiger partial charge in [0.25, 0.3) is 5.91 Å². The number of nitrogens with zero attached hydrogens (tertiary/aromatic N) is 2. The van der Waals surface area contributed by atoms with Gasteiger partial charge >= 0.3 is 0 Å². The Hall–Kier alpha value is -1.65. The Kier molecular flexibility index (Phi) is 2.00. The number of aromatic nitrogens is 2. The van der Waals surface area contributed by atoms with Crippen LogP contribution in [0.5, 0.6) is 5.88 Å². The zero-order chi connectivity index (χ0) is 8.27. The molecule has 0 atom stereocenters. The molecule has 0 aliphatic heterocycles. The Morgan fingerprint density at radius 3 is 2.64 bits per heavy atom. The lowest BCUT2D eigenvalue weighted by atomic mass is 10.4. The van der Waals surface area contributed by atoms with Crippen molar-refractivity contribution in [2.45, 2.75) is 0 Å². The van der Waals surface area contributed by atoms with Crippen LogP contribution < -0.4 is 10.5 Å². The highest BCUT2D eigenvalue weighted by Crippen LogP contribution is 2.02. The molecule has 1 aromatic rings. The molecule has 0 saturated heterocycles. The molecule has 1 rings (SSSR count). The van der Waals surface area contributed by atoms with Crippen LogP contribution in [0.4, 0.5) is 0 Å². The summed E-state index contributed by atoms with van der Waals surface area (Å²) in [4.78, 5) is 10.5. The van der Waals surface area contributed by atoms with Crippen molar-refractivity contribution in [3.05, 3.63) is 17.8 Å². The van der Waals surface area contributed by atoms with Crippen molar-refractivity contribution < 1.29 is 9.53 Å². The average molecular weight is 153 g/mol. The van der Waals surface area contributed by atoms with E-state index in [0.717, 1.165) is 0 Å². The number of amides is 1. The first-order chi connectivity index (χ1) is 5.24. The summed E-state index contributed by atoms with van der Waals surface area (Å²) in [6.07, 6.45) is 0. The minimum atomic E-state index is -0.597. The first-order valence-electron chi connectivity index (χ1n) is 2.91. The van der Waals surface area contributed by atoms with E-state index < -0.39 is 5.91 Å². The fourth-order valence-corrected chi connectivity index (χ4v) is 0.560.